The normalized spacial score (nSPS) is 15.1. The second-order valence-corrected chi connectivity index (χ2v) is 8.63. The Balaban J connectivity index is 0.00000324. The van der Waals surface area contributed by atoms with Crippen LogP contribution in [0.15, 0.2) is 91.5 Å². The average Bonchev–Trinajstić information content (AvgIpc) is 3.54. The molecule has 1 unspecified atom stereocenters. The van der Waals surface area contributed by atoms with Gasteiger partial charge < -0.3 is 14.4 Å². The molecule has 6 heteroatoms. The van der Waals surface area contributed by atoms with Crippen molar-refractivity contribution < 1.29 is 9.59 Å². The number of amides is 2. The second-order valence-electron chi connectivity index (χ2n) is 8.63. The zero-order chi connectivity index (χ0) is 23.2. The Kier molecular flexibility index (Phi) is 8.41. The van der Waals surface area contributed by atoms with Gasteiger partial charge in [-0.3, -0.25) is 9.59 Å². The molecular formula is C28H34N4O2. The molecule has 1 aliphatic rings. The van der Waals surface area contributed by atoms with Crippen molar-refractivity contribution in [2.45, 2.75) is 32.7 Å². The predicted octanol–water partition coefficient (Wildman–Crippen LogP) is 4.53. The fourth-order valence-electron chi connectivity index (χ4n) is 4.44. The molecule has 0 spiro atoms. The molecule has 1 fully saturated rings. The van der Waals surface area contributed by atoms with Gasteiger partial charge in [0, 0.05) is 43.5 Å². The number of hydrogen-bond donors (Lipinski definition) is 0. The standard InChI is InChI=1S/C27H30N4O2.CH4/c1-21(2)27(33)31(19-26(32)29-15-13-24(17-29)30-16-14-28-20-30)18-25(22-9-5-3-6-10-22)23-11-7-4-8-12-23;/h3-12,14,16,20,24-25H,1,13,15,17-19H2,2H3;1H4. The summed E-state index contributed by atoms with van der Waals surface area (Å²) in [6, 6.07) is 20.5. The van der Waals surface area contributed by atoms with Crippen LogP contribution < -0.4 is 0 Å². The summed E-state index contributed by atoms with van der Waals surface area (Å²) in [5, 5.41) is 0. The first-order chi connectivity index (χ1) is 16.0. The van der Waals surface area contributed by atoms with Crippen molar-refractivity contribution >= 4 is 11.8 Å². The molecule has 1 atom stereocenters. The van der Waals surface area contributed by atoms with Crippen LogP contribution in [0.2, 0.25) is 0 Å². The van der Waals surface area contributed by atoms with Crippen LogP contribution in [0, 0.1) is 0 Å². The number of nitrogens with zero attached hydrogens (tertiary/aromatic N) is 4. The fourth-order valence-corrected chi connectivity index (χ4v) is 4.44. The summed E-state index contributed by atoms with van der Waals surface area (Å²) in [6.07, 6.45) is 6.36. The highest BCUT2D eigenvalue weighted by Gasteiger charge is 2.30. The van der Waals surface area contributed by atoms with Gasteiger partial charge in [0.1, 0.15) is 6.54 Å². The van der Waals surface area contributed by atoms with E-state index in [1.807, 2.05) is 52.1 Å². The zero-order valence-corrected chi connectivity index (χ0v) is 19.0. The molecule has 34 heavy (non-hydrogen) atoms. The van der Waals surface area contributed by atoms with E-state index in [9.17, 15) is 9.59 Å². The number of carbonyl (C=O) groups is 2. The van der Waals surface area contributed by atoms with E-state index in [-0.39, 0.29) is 37.7 Å². The van der Waals surface area contributed by atoms with E-state index < -0.39 is 0 Å². The highest BCUT2D eigenvalue weighted by molar-refractivity contribution is 5.95. The molecule has 0 N–H and O–H groups in total. The van der Waals surface area contributed by atoms with Gasteiger partial charge in [0.05, 0.1) is 12.4 Å². The number of benzene rings is 2. The number of imidazole rings is 1. The fraction of sp³-hybridized carbons (Fsp3) is 0.321. The molecule has 0 bridgehead atoms. The Labute approximate surface area is 202 Å². The number of carbonyl (C=O) groups excluding carboxylic acids is 2. The Morgan fingerprint density at radius 1 is 1.09 bits per heavy atom. The van der Waals surface area contributed by atoms with Crippen molar-refractivity contribution in [3.63, 3.8) is 0 Å². The largest absolute Gasteiger partial charge is 0.339 e. The van der Waals surface area contributed by atoms with Crippen LogP contribution in [0.4, 0.5) is 0 Å². The molecule has 0 aliphatic carbocycles. The first-order valence-electron chi connectivity index (χ1n) is 11.3. The van der Waals surface area contributed by atoms with E-state index >= 15 is 0 Å². The van der Waals surface area contributed by atoms with Gasteiger partial charge in [-0.1, -0.05) is 74.7 Å². The number of hydrogen-bond acceptors (Lipinski definition) is 3. The van der Waals surface area contributed by atoms with Crippen LogP contribution in [0.1, 0.15) is 43.9 Å². The molecule has 3 aromatic rings. The van der Waals surface area contributed by atoms with Crippen molar-refractivity contribution in [2.75, 3.05) is 26.2 Å². The van der Waals surface area contributed by atoms with Crippen molar-refractivity contribution in [2.24, 2.45) is 0 Å². The van der Waals surface area contributed by atoms with Gasteiger partial charge in [0.2, 0.25) is 11.8 Å². The van der Waals surface area contributed by atoms with E-state index in [2.05, 4.69) is 35.8 Å². The predicted molar refractivity (Wildman–Crippen MR) is 135 cm³/mol. The lowest BCUT2D eigenvalue weighted by molar-refractivity contribution is -0.138. The van der Waals surface area contributed by atoms with Crippen LogP contribution in [0.3, 0.4) is 0 Å². The molecule has 4 rings (SSSR count). The zero-order valence-electron chi connectivity index (χ0n) is 19.0. The maximum Gasteiger partial charge on any atom is 0.249 e. The molecule has 178 valence electrons. The molecule has 0 saturated carbocycles. The van der Waals surface area contributed by atoms with Crippen LogP contribution in [0.5, 0.6) is 0 Å². The Morgan fingerprint density at radius 2 is 1.71 bits per heavy atom. The van der Waals surface area contributed by atoms with Crippen molar-refractivity contribution in [3.8, 4) is 0 Å². The lowest BCUT2D eigenvalue weighted by Gasteiger charge is -2.30. The Hall–Kier alpha value is -3.67. The van der Waals surface area contributed by atoms with Crippen molar-refractivity contribution in [1.29, 1.82) is 0 Å². The minimum Gasteiger partial charge on any atom is -0.339 e. The van der Waals surface area contributed by atoms with Gasteiger partial charge in [-0.15, -0.1) is 0 Å². The molecule has 1 saturated heterocycles. The molecule has 0 radical (unpaired) electrons. The van der Waals surface area contributed by atoms with Gasteiger partial charge in [-0.25, -0.2) is 4.98 Å². The molecule has 2 aromatic carbocycles. The van der Waals surface area contributed by atoms with Crippen molar-refractivity contribution in [3.05, 3.63) is 103 Å². The van der Waals surface area contributed by atoms with E-state index in [1.54, 1.807) is 24.3 Å². The second kappa shape index (κ2) is 11.5. The van der Waals surface area contributed by atoms with Crippen molar-refractivity contribution in [1.82, 2.24) is 19.4 Å². The maximum absolute atomic E-state index is 13.2. The quantitative estimate of drug-likeness (QED) is 0.466. The van der Waals surface area contributed by atoms with E-state index in [0.29, 0.717) is 25.2 Å². The van der Waals surface area contributed by atoms with Crippen LogP contribution >= 0.6 is 0 Å². The SMILES string of the molecule is C.C=C(C)C(=O)N(CC(=O)N1CCC(n2ccnc2)C1)CC(c1ccccc1)c1ccccc1. The van der Waals surface area contributed by atoms with Gasteiger partial charge in [0.15, 0.2) is 0 Å². The Bertz CT molecular complexity index is 1040. The number of likely N-dealkylation sites (tertiary alicyclic amines) is 1. The highest BCUT2D eigenvalue weighted by atomic mass is 16.2. The van der Waals surface area contributed by atoms with E-state index in [0.717, 1.165) is 17.5 Å². The summed E-state index contributed by atoms with van der Waals surface area (Å²) in [4.78, 5) is 33.9. The smallest absolute Gasteiger partial charge is 0.249 e. The monoisotopic (exact) mass is 458 g/mol. The van der Waals surface area contributed by atoms with Gasteiger partial charge >= 0.3 is 0 Å². The first-order valence-corrected chi connectivity index (χ1v) is 11.3. The molecule has 2 amide bonds. The van der Waals surface area contributed by atoms with Gasteiger partial charge in [-0.05, 0) is 24.5 Å². The number of aromatic nitrogens is 2. The molecular weight excluding hydrogens is 424 g/mol. The lowest BCUT2D eigenvalue weighted by Crippen LogP contribution is -2.44. The summed E-state index contributed by atoms with van der Waals surface area (Å²) >= 11 is 0. The first kappa shape index (κ1) is 25.0. The minimum atomic E-state index is -0.189. The molecule has 1 aliphatic heterocycles. The lowest BCUT2D eigenvalue weighted by atomic mass is 9.90. The Morgan fingerprint density at radius 3 is 2.24 bits per heavy atom. The van der Waals surface area contributed by atoms with Gasteiger partial charge in [0.25, 0.3) is 0 Å². The molecule has 2 heterocycles. The van der Waals surface area contributed by atoms with E-state index in [4.69, 9.17) is 0 Å². The van der Waals surface area contributed by atoms with Crippen LogP contribution in [-0.2, 0) is 9.59 Å². The molecule has 1 aromatic heterocycles. The third-order valence-electron chi connectivity index (χ3n) is 6.25. The summed E-state index contributed by atoms with van der Waals surface area (Å²) in [5.74, 6) is -0.265. The third-order valence-corrected chi connectivity index (χ3v) is 6.25. The van der Waals surface area contributed by atoms with Crippen LogP contribution in [-0.4, -0.2) is 57.3 Å². The topological polar surface area (TPSA) is 58.4 Å². The summed E-state index contributed by atoms with van der Waals surface area (Å²) < 4.78 is 2.05. The number of rotatable bonds is 8. The summed E-state index contributed by atoms with van der Waals surface area (Å²) in [6.45, 7) is 7.31. The highest BCUT2D eigenvalue weighted by Crippen LogP contribution is 2.27. The van der Waals surface area contributed by atoms with E-state index in [1.165, 1.54) is 0 Å². The maximum atomic E-state index is 13.2. The minimum absolute atomic E-state index is 0. The summed E-state index contributed by atoms with van der Waals surface area (Å²) in [7, 11) is 0. The summed E-state index contributed by atoms with van der Waals surface area (Å²) in [5.41, 5.74) is 2.65. The third kappa shape index (κ3) is 5.81. The molecule has 6 nitrogen and oxygen atoms in total. The van der Waals surface area contributed by atoms with Crippen LogP contribution in [0.25, 0.3) is 0 Å². The average molecular weight is 459 g/mol. The van der Waals surface area contributed by atoms with Gasteiger partial charge in [-0.2, -0.15) is 0 Å².